The predicted molar refractivity (Wildman–Crippen MR) is 110 cm³/mol. The Morgan fingerprint density at radius 3 is 2.48 bits per heavy atom. The molecule has 2 heterocycles. The molecule has 29 heavy (non-hydrogen) atoms. The second-order valence-electron chi connectivity index (χ2n) is 6.66. The van der Waals surface area contributed by atoms with E-state index in [9.17, 15) is 9.59 Å². The van der Waals surface area contributed by atoms with Gasteiger partial charge in [0, 0.05) is 30.4 Å². The maximum absolute atomic E-state index is 12.3. The van der Waals surface area contributed by atoms with E-state index in [0.717, 1.165) is 11.1 Å². The Balaban J connectivity index is 1.36. The van der Waals surface area contributed by atoms with E-state index in [1.165, 1.54) is 10.6 Å². The van der Waals surface area contributed by atoms with Crippen molar-refractivity contribution < 1.29 is 4.79 Å². The molecule has 4 rings (SSSR count). The minimum Gasteiger partial charge on any atom is -0.351 e. The van der Waals surface area contributed by atoms with Crippen LogP contribution in [-0.4, -0.2) is 25.5 Å². The first-order chi connectivity index (χ1) is 14.1. The van der Waals surface area contributed by atoms with Gasteiger partial charge < -0.3 is 10.6 Å². The molecular formula is C21H20N6O2. The van der Waals surface area contributed by atoms with E-state index in [1.54, 1.807) is 19.1 Å². The summed E-state index contributed by atoms with van der Waals surface area (Å²) >= 11 is 0. The highest BCUT2D eigenvalue weighted by atomic mass is 16.1. The maximum atomic E-state index is 12.3. The molecule has 0 fully saturated rings. The third-order valence-corrected chi connectivity index (χ3v) is 4.43. The lowest BCUT2D eigenvalue weighted by Crippen LogP contribution is -2.22. The molecule has 1 amide bonds. The Labute approximate surface area is 166 Å². The van der Waals surface area contributed by atoms with Gasteiger partial charge in [-0.15, -0.1) is 0 Å². The van der Waals surface area contributed by atoms with Crippen LogP contribution in [-0.2, 0) is 13.1 Å². The van der Waals surface area contributed by atoms with Crippen LogP contribution in [0, 0.1) is 6.92 Å². The van der Waals surface area contributed by atoms with E-state index in [0.29, 0.717) is 36.1 Å². The van der Waals surface area contributed by atoms with Crippen LogP contribution in [0.2, 0.25) is 0 Å². The summed E-state index contributed by atoms with van der Waals surface area (Å²) in [6, 6.07) is 18.5. The van der Waals surface area contributed by atoms with Crippen LogP contribution in [0.25, 0.3) is 5.78 Å². The third kappa shape index (κ3) is 4.32. The zero-order valence-electron chi connectivity index (χ0n) is 15.8. The van der Waals surface area contributed by atoms with E-state index in [4.69, 9.17) is 0 Å². The molecule has 3 N–H and O–H groups in total. The molecular weight excluding hydrogens is 368 g/mol. The Morgan fingerprint density at radius 1 is 1.00 bits per heavy atom. The van der Waals surface area contributed by atoms with E-state index < -0.39 is 0 Å². The van der Waals surface area contributed by atoms with Crippen LogP contribution in [0.5, 0.6) is 0 Å². The number of nitrogens with zero attached hydrogens (tertiary/aromatic N) is 3. The highest BCUT2D eigenvalue weighted by Gasteiger charge is 2.08. The van der Waals surface area contributed by atoms with E-state index in [1.807, 2.05) is 42.5 Å². The fourth-order valence-corrected chi connectivity index (χ4v) is 2.91. The van der Waals surface area contributed by atoms with Gasteiger partial charge in [-0.2, -0.15) is 9.50 Å². The van der Waals surface area contributed by atoms with Crippen molar-refractivity contribution in [3.8, 4) is 0 Å². The van der Waals surface area contributed by atoms with Gasteiger partial charge in [0.2, 0.25) is 5.95 Å². The van der Waals surface area contributed by atoms with Crippen LogP contribution in [0.1, 0.15) is 27.2 Å². The summed E-state index contributed by atoms with van der Waals surface area (Å²) in [5, 5.41) is 8.91. The van der Waals surface area contributed by atoms with Crippen LogP contribution < -0.4 is 16.2 Å². The first kappa shape index (κ1) is 18.4. The largest absolute Gasteiger partial charge is 0.351 e. The van der Waals surface area contributed by atoms with Gasteiger partial charge in [0.15, 0.2) is 0 Å². The molecule has 2 aromatic carbocycles. The number of aryl methyl sites for hydroxylation is 1. The van der Waals surface area contributed by atoms with E-state index in [-0.39, 0.29) is 11.5 Å². The first-order valence-corrected chi connectivity index (χ1v) is 9.20. The number of benzene rings is 2. The van der Waals surface area contributed by atoms with Gasteiger partial charge in [-0.1, -0.05) is 42.5 Å². The minimum absolute atomic E-state index is 0.119. The maximum Gasteiger partial charge on any atom is 0.274 e. The van der Waals surface area contributed by atoms with Gasteiger partial charge in [0.25, 0.3) is 17.2 Å². The van der Waals surface area contributed by atoms with Gasteiger partial charge in [-0.25, -0.2) is 4.98 Å². The number of anilines is 1. The molecule has 0 aliphatic heterocycles. The van der Waals surface area contributed by atoms with Crippen molar-refractivity contribution in [3.05, 3.63) is 93.4 Å². The van der Waals surface area contributed by atoms with Crippen LogP contribution in [0.4, 0.5) is 5.95 Å². The Hall–Kier alpha value is -3.94. The molecule has 4 aromatic rings. The number of nitrogens with one attached hydrogen (secondary N) is 3. The highest BCUT2D eigenvalue weighted by Crippen LogP contribution is 2.08. The topological polar surface area (TPSA) is 104 Å². The van der Waals surface area contributed by atoms with Gasteiger partial charge in [0.1, 0.15) is 0 Å². The number of aromatic amines is 1. The van der Waals surface area contributed by atoms with Crippen molar-refractivity contribution in [2.45, 2.75) is 20.0 Å². The Kier molecular flexibility index (Phi) is 5.07. The molecule has 0 radical (unpaired) electrons. The Bertz CT molecular complexity index is 1200. The standard InChI is InChI=1S/C21H20N6O2/c1-14-11-18(28)27-21(24-14)25-20(26-27)23-13-16-7-9-17(10-8-16)19(29)22-12-15-5-3-2-4-6-15/h2-11H,12-13H2,1H3,(H,22,29)(H2,23,24,25,26). The van der Waals surface area contributed by atoms with Crippen LogP contribution in [0.3, 0.4) is 0 Å². The second-order valence-corrected chi connectivity index (χ2v) is 6.66. The predicted octanol–water partition coefficient (Wildman–Crippen LogP) is 2.27. The molecule has 0 aliphatic carbocycles. The van der Waals surface area contributed by atoms with Crippen molar-refractivity contribution in [2.24, 2.45) is 0 Å². The molecule has 2 aromatic heterocycles. The molecule has 8 nitrogen and oxygen atoms in total. The molecule has 146 valence electrons. The summed E-state index contributed by atoms with van der Waals surface area (Å²) in [6.45, 7) is 2.72. The molecule has 0 saturated carbocycles. The molecule has 8 heteroatoms. The molecule has 0 spiro atoms. The second kappa shape index (κ2) is 7.97. The summed E-state index contributed by atoms with van der Waals surface area (Å²) in [6.07, 6.45) is 0. The molecule has 0 unspecified atom stereocenters. The van der Waals surface area contributed by atoms with Crippen LogP contribution >= 0.6 is 0 Å². The lowest BCUT2D eigenvalue weighted by molar-refractivity contribution is 0.0951. The molecule has 0 bridgehead atoms. The number of hydrogen-bond acceptors (Lipinski definition) is 5. The summed E-state index contributed by atoms with van der Waals surface area (Å²) in [5.41, 5.74) is 3.03. The molecule has 0 aliphatic rings. The number of carbonyl (C=O) groups is 1. The van der Waals surface area contributed by atoms with Crippen molar-refractivity contribution in [1.82, 2.24) is 24.9 Å². The summed E-state index contributed by atoms with van der Waals surface area (Å²) < 4.78 is 1.29. The fraction of sp³-hybridized carbons (Fsp3) is 0.143. The number of amides is 1. The van der Waals surface area contributed by atoms with E-state index >= 15 is 0 Å². The Morgan fingerprint density at radius 2 is 1.72 bits per heavy atom. The lowest BCUT2D eigenvalue weighted by Gasteiger charge is -2.07. The monoisotopic (exact) mass is 388 g/mol. The average molecular weight is 388 g/mol. The van der Waals surface area contributed by atoms with Crippen molar-refractivity contribution >= 4 is 17.6 Å². The fourth-order valence-electron chi connectivity index (χ4n) is 2.91. The number of hydrogen-bond donors (Lipinski definition) is 3. The number of carbonyl (C=O) groups excluding carboxylic acids is 1. The smallest absolute Gasteiger partial charge is 0.274 e. The van der Waals surface area contributed by atoms with Gasteiger partial charge in [0.05, 0.1) is 0 Å². The van der Waals surface area contributed by atoms with Gasteiger partial charge >= 0.3 is 0 Å². The van der Waals surface area contributed by atoms with Crippen molar-refractivity contribution in [1.29, 1.82) is 0 Å². The van der Waals surface area contributed by atoms with Gasteiger partial charge in [-0.3, -0.25) is 14.7 Å². The summed E-state index contributed by atoms with van der Waals surface area (Å²) in [7, 11) is 0. The zero-order chi connectivity index (χ0) is 20.2. The lowest BCUT2D eigenvalue weighted by atomic mass is 10.1. The summed E-state index contributed by atoms with van der Waals surface area (Å²) in [5.74, 6) is 0.652. The quantitative estimate of drug-likeness (QED) is 0.470. The van der Waals surface area contributed by atoms with Gasteiger partial charge in [-0.05, 0) is 30.2 Å². The highest BCUT2D eigenvalue weighted by molar-refractivity contribution is 5.94. The number of fused-ring (bicyclic) bond motifs is 1. The molecule has 0 atom stereocenters. The average Bonchev–Trinajstić information content (AvgIpc) is 3.15. The number of aromatic nitrogens is 4. The zero-order valence-corrected chi connectivity index (χ0v) is 15.8. The van der Waals surface area contributed by atoms with Crippen molar-refractivity contribution in [3.63, 3.8) is 0 Å². The van der Waals surface area contributed by atoms with Crippen LogP contribution in [0.15, 0.2) is 65.5 Å². The number of H-pyrrole nitrogens is 1. The molecule has 0 saturated heterocycles. The SMILES string of the molecule is Cc1cc(=O)n2[nH]c(NCc3ccc(C(=O)NCc4ccccc4)cc3)nc2n1. The van der Waals surface area contributed by atoms with E-state index in [2.05, 4.69) is 25.7 Å². The first-order valence-electron chi connectivity index (χ1n) is 9.20. The normalized spacial score (nSPS) is 10.8. The van der Waals surface area contributed by atoms with Crippen molar-refractivity contribution in [2.75, 3.05) is 5.32 Å². The minimum atomic E-state index is -0.209. The number of rotatable bonds is 6. The summed E-state index contributed by atoms with van der Waals surface area (Å²) in [4.78, 5) is 32.7. The third-order valence-electron chi connectivity index (χ3n) is 4.43.